The molecule has 25 heavy (non-hydrogen) atoms. The van der Waals surface area contributed by atoms with Crippen molar-refractivity contribution in [3.8, 4) is 11.5 Å². The summed E-state index contributed by atoms with van der Waals surface area (Å²) in [4.78, 5) is 26.8. The Bertz CT molecular complexity index is 740. The number of hydrogen-bond donors (Lipinski definition) is 0. The highest BCUT2D eigenvalue weighted by molar-refractivity contribution is 7.91. The lowest BCUT2D eigenvalue weighted by atomic mass is 10.2. The molecule has 2 rings (SSSR count). The molecule has 1 heterocycles. The van der Waals surface area contributed by atoms with Crippen LogP contribution in [-0.4, -0.2) is 69.0 Å². The molecule has 0 N–H and O–H groups in total. The normalized spacial score (nSPS) is 15.0. The second kappa shape index (κ2) is 7.73. The number of ether oxygens (including phenoxy) is 2. The fourth-order valence-corrected chi connectivity index (χ4v) is 3.24. The van der Waals surface area contributed by atoms with E-state index in [-0.39, 0.29) is 31.1 Å². The molecule has 9 heteroatoms. The molecule has 0 bridgehead atoms. The summed E-state index contributed by atoms with van der Waals surface area (Å²) in [5.74, 6) is 0.529. The van der Waals surface area contributed by atoms with Gasteiger partial charge in [-0.05, 0) is 17.7 Å². The number of nitrogens with zero attached hydrogens (tertiary/aromatic N) is 2. The molecule has 1 saturated heterocycles. The molecule has 0 radical (unpaired) electrons. The highest BCUT2D eigenvalue weighted by Gasteiger charge is 2.36. The van der Waals surface area contributed by atoms with E-state index in [1.165, 1.54) is 26.0 Å². The summed E-state index contributed by atoms with van der Waals surface area (Å²) >= 11 is 0. The number of urea groups is 1. The first-order valence-corrected chi connectivity index (χ1v) is 9.63. The Morgan fingerprint density at radius 2 is 1.68 bits per heavy atom. The average molecular weight is 370 g/mol. The number of carbonyl (C=O) groups excluding carboxylic acids is 2. The summed E-state index contributed by atoms with van der Waals surface area (Å²) in [5, 5.41) is 0. The molecule has 1 aliphatic rings. The van der Waals surface area contributed by atoms with Gasteiger partial charge in [-0.3, -0.25) is 9.69 Å². The maximum absolute atomic E-state index is 12.4. The molecule has 0 spiro atoms. The van der Waals surface area contributed by atoms with Crippen LogP contribution >= 0.6 is 0 Å². The Morgan fingerprint density at radius 3 is 2.20 bits per heavy atom. The smallest absolute Gasteiger partial charge is 0.327 e. The molecule has 1 aliphatic heterocycles. The zero-order chi connectivity index (χ0) is 18.6. The number of carbonyl (C=O) groups is 2. The number of benzene rings is 1. The molecule has 0 atom stereocenters. The van der Waals surface area contributed by atoms with Crippen molar-refractivity contribution in [2.45, 2.75) is 13.5 Å². The maximum atomic E-state index is 12.4. The van der Waals surface area contributed by atoms with Gasteiger partial charge >= 0.3 is 6.03 Å². The van der Waals surface area contributed by atoms with Gasteiger partial charge in [-0.1, -0.05) is 6.92 Å². The van der Waals surface area contributed by atoms with Gasteiger partial charge in [0.05, 0.1) is 20.0 Å². The van der Waals surface area contributed by atoms with E-state index < -0.39 is 21.8 Å². The number of amides is 3. The van der Waals surface area contributed by atoms with Crippen LogP contribution in [0.4, 0.5) is 4.79 Å². The summed E-state index contributed by atoms with van der Waals surface area (Å²) in [6, 6.07) is 4.73. The lowest BCUT2D eigenvalue weighted by molar-refractivity contribution is -0.125. The van der Waals surface area contributed by atoms with Crippen LogP contribution < -0.4 is 9.47 Å². The van der Waals surface area contributed by atoms with Crippen LogP contribution in [0.2, 0.25) is 0 Å². The second-order valence-corrected chi connectivity index (χ2v) is 8.11. The summed E-state index contributed by atoms with van der Waals surface area (Å²) in [5.41, 5.74) is 0.750. The molecule has 0 saturated carbocycles. The first kappa shape index (κ1) is 19.0. The van der Waals surface area contributed by atoms with E-state index in [4.69, 9.17) is 9.47 Å². The molecular weight excluding hydrogens is 348 g/mol. The van der Waals surface area contributed by atoms with E-state index in [2.05, 4.69) is 0 Å². The van der Waals surface area contributed by atoms with E-state index in [1.807, 2.05) is 0 Å². The maximum Gasteiger partial charge on any atom is 0.327 e. The highest BCUT2D eigenvalue weighted by atomic mass is 32.2. The number of rotatable bonds is 8. The van der Waals surface area contributed by atoms with Gasteiger partial charge in [0.2, 0.25) is 5.91 Å². The summed E-state index contributed by atoms with van der Waals surface area (Å²) in [6.07, 6.45) is 0. The van der Waals surface area contributed by atoms with Gasteiger partial charge in [-0.15, -0.1) is 0 Å². The van der Waals surface area contributed by atoms with Crippen molar-refractivity contribution in [2.75, 3.05) is 38.8 Å². The fourth-order valence-electron chi connectivity index (χ4n) is 2.49. The van der Waals surface area contributed by atoms with Gasteiger partial charge in [0.15, 0.2) is 9.84 Å². The minimum Gasteiger partial charge on any atom is -0.497 e. The largest absolute Gasteiger partial charge is 0.497 e. The Labute approximate surface area is 147 Å². The third-order valence-corrected chi connectivity index (χ3v) is 5.66. The Kier molecular flexibility index (Phi) is 5.89. The Balaban J connectivity index is 2.09. The van der Waals surface area contributed by atoms with Gasteiger partial charge in [0.1, 0.15) is 18.0 Å². The van der Waals surface area contributed by atoms with E-state index in [0.29, 0.717) is 11.5 Å². The van der Waals surface area contributed by atoms with Crippen molar-refractivity contribution in [1.82, 2.24) is 9.80 Å². The highest BCUT2D eigenvalue weighted by Crippen LogP contribution is 2.24. The van der Waals surface area contributed by atoms with Crippen molar-refractivity contribution in [2.24, 2.45) is 0 Å². The molecule has 1 aromatic rings. The predicted molar refractivity (Wildman–Crippen MR) is 91.4 cm³/mol. The molecule has 1 aromatic carbocycles. The van der Waals surface area contributed by atoms with Gasteiger partial charge < -0.3 is 14.4 Å². The Hall–Kier alpha value is -2.29. The van der Waals surface area contributed by atoms with Crippen molar-refractivity contribution < 1.29 is 27.5 Å². The third-order valence-electron chi connectivity index (χ3n) is 3.98. The molecule has 0 aliphatic carbocycles. The monoisotopic (exact) mass is 370 g/mol. The average Bonchev–Trinajstić information content (AvgIpc) is 2.86. The van der Waals surface area contributed by atoms with Crippen molar-refractivity contribution in [3.05, 3.63) is 23.8 Å². The van der Waals surface area contributed by atoms with E-state index in [1.54, 1.807) is 18.2 Å². The van der Waals surface area contributed by atoms with Crippen molar-refractivity contribution in [3.63, 3.8) is 0 Å². The van der Waals surface area contributed by atoms with Gasteiger partial charge in [0.25, 0.3) is 0 Å². The minimum absolute atomic E-state index is 0.0173. The SMILES string of the molecule is CCS(=O)(=O)CCN1C(=O)CN(Cc2cc(OC)cc(OC)c2)C1=O. The second-order valence-electron chi connectivity index (χ2n) is 5.64. The topological polar surface area (TPSA) is 93.2 Å². The summed E-state index contributed by atoms with van der Waals surface area (Å²) in [6.45, 7) is 1.54. The van der Waals surface area contributed by atoms with Crippen LogP contribution in [0.3, 0.4) is 0 Å². The first-order valence-electron chi connectivity index (χ1n) is 7.81. The first-order chi connectivity index (χ1) is 11.8. The molecule has 1 fully saturated rings. The molecular formula is C16H22N2O6S. The lowest BCUT2D eigenvalue weighted by Crippen LogP contribution is -2.36. The minimum atomic E-state index is -3.25. The van der Waals surface area contributed by atoms with Gasteiger partial charge in [-0.2, -0.15) is 0 Å². The summed E-state index contributed by atoms with van der Waals surface area (Å²) in [7, 11) is -0.192. The van der Waals surface area contributed by atoms with Crippen LogP contribution in [0.25, 0.3) is 0 Å². The number of methoxy groups -OCH3 is 2. The van der Waals surface area contributed by atoms with Gasteiger partial charge in [-0.25, -0.2) is 13.2 Å². The van der Waals surface area contributed by atoms with E-state index in [0.717, 1.165) is 10.5 Å². The van der Waals surface area contributed by atoms with Gasteiger partial charge in [0, 0.05) is 24.9 Å². The molecule has 3 amide bonds. The predicted octanol–water partition coefficient (Wildman–Crippen LogP) is 0.903. The van der Waals surface area contributed by atoms with E-state index >= 15 is 0 Å². The van der Waals surface area contributed by atoms with Crippen molar-refractivity contribution >= 4 is 21.8 Å². The molecule has 138 valence electrons. The fraction of sp³-hybridized carbons (Fsp3) is 0.500. The van der Waals surface area contributed by atoms with Crippen LogP contribution in [0.5, 0.6) is 11.5 Å². The zero-order valence-electron chi connectivity index (χ0n) is 14.5. The number of sulfone groups is 1. The molecule has 0 aromatic heterocycles. The number of hydrogen-bond acceptors (Lipinski definition) is 6. The molecule has 8 nitrogen and oxygen atoms in total. The van der Waals surface area contributed by atoms with Crippen LogP contribution in [0, 0.1) is 0 Å². The zero-order valence-corrected chi connectivity index (χ0v) is 15.3. The number of imide groups is 1. The quantitative estimate of drug-likeness (QED) is 0.631. The molecule has 0 unspecified atom stereocenters. The third kappa shape index (κ3) is 4.62. The lowest BCUT2D eigenvalue weighted by Gasteiger charge is -2.18. The van der Waals surface area contributed by atoms with Crippen LogP contribution in [0.15, 0.2) is 18.2 Å². The van der Waals surface area contributed by atoms with Crippen LogP contribution in [0.1, 0.15) is 12.5 Å². The Morgan fingerprint density at radius 1 is 1.08 bits per heavy atom. The van der Waals surface area contributed by atoms with E-state index in [9.17, 15) is 18.0 Å². The summed E-state index contributed by atoms with van der Waals surface area (Å²) < 4.78 is 33.6. The van der Waals surface area contributed by atoms with Crippen LogP contribution in [-0.2, 0) is 21.2 Å². The van der Waals surface area contributed by atoms with Crippen molar-refractivity contribution in [1.29, 1.82) is 0 Å². The standard InChI is InChI=1S/C16H22N2O6S/c1-4-25(21,22)6-5-18-15(19)11-17(16(18)20)10-12-7-13(23-2)9-14(8-12)24-3/h7-9H,4-6,10-11H2,1-3H3.